The zero-order valence-corrected chi connectivity index (χ0v) is 11.4. The number of anilines is 1. The maximum atomic E-state index is 13.0. The Hall–Kier alpha value is -1.62. The van der Waals surface area contributed by atoms with Crippen LogP contribution >= 0.6 is 15.9 Å². The van der Waals surface area contributed by atoms with Gasteiger partial charge in [-0.25, -0.2) is 4.39 Å². The van der Waals surface area contributed by atoms with E-state index in [1.54, 1.807) is 18.5 Å². The van der Waals surface area contributed by atoms with Gasteiger partial charge in [0.1, 0.15) is 11.6 Å². The summed E-state index contributed by atoms with van der Waals surface area (Å²) in [6.07, 6.45) is 3.50. The van der Waals surface area contributed by atoms with Gasteiger partial charge < -0.3 is 10.1 Å². The van der Waals surface area contributed by atoms with Crippen molar-refractivity contribution in [1.82, 2.24) is 4.98 Å². The van der Waals surface area contributed by atoms with Crippen LogP contribution in [0.1, 0.15) is 5.56 Å². The van der Waals surface area contributed by atoms with Gasteiger partial charge in [-0.05, 0) is 39.7 Å². The van der Waals surface area contributed by atoms with Crippen LogP contribution in [0.15, 0.2) is 41.1 Å². The number of hydrogen-bond acceptors (Lipinski definition) is 3. The molecule has 0 bridgehead atoms. The second-order valence-corrected chi connectivity index (χ2v) is 4.63. The lowest BCUT2D eigenvalue weighted by atomic mass is 10.2. The van der Waals surface area contributed by atoms with Crippen molar-refractivity contribution in [3.05, 3.63) is 52.5 Å². The summed E-state index contributed by atoms with van der Waals surface area (Å²) in [5.41, 5.74) is 1.77. The van der Waals surface area contributed by atoms with Crippen LogP contribution in [-0.4, -0.2) is 12.1 Å². The lowest BCUT2D eigenvalue weighted by molar-refractivity contribution is 0.413. The molecule has 3 nitrogen and oxygen atoms in total. The molecule has 0 unspecified atom stereocenters. The number of ether oxygens (including phenoxy) is 1. The van der Waals surface area contributed by atoms with E-state index in [0.717, 1.165) is 15.7 Å². The van der Waals surface area contributed by atoms with Gasteiger partial charge in [-0.2, -0.15) is 0 Å². The van der Waals surface area contributed by atoms with E-state index in [9.17, 15) is 4.39 Å². The molecule has 0 saturated heterocycles. The first-order chi connectivity index (χ1) is 8.69. The zero-order valence-electron chi connectivity index (χ0n) is 9.78. The Balaban J connectivity index is 2.10. The predicted molar refractivity (Wildman–Crippen MR) is 72.2 cm³/mol. The van der Waals surface area contributed by atoms with Crippen molar-refractivity contribution in [2.75, 3.05) is 12.4 Å². The first-order valence-corrected chi connectivity index (χ1v) is 6.15. The number of rotatable bonds is 4. The van der Waals surface area contributed by atoms with E-state index in [1.807, 2.05) is 6.07 Å². The second-order valence-electron chi connectivity index (χ2n) is 3.71. The monoisotopic (exact) mass is 310 g/mol. The summed E-state index contributed by atoms with van der Waals surface area (Å²) in [5, 5.41) is 3.18. The molecule has 0 saturated carbocycles. The molecular formula is C13H12BrFN2O. The molecule has 18 heavy (non-hydrogen) atoms. The summed E-state index contributed by atoms with van der Waals surface area (Å²) in [6.45, 7) is 0.592. The van der Waals surface area contributed by atoms with Crippen LogP contribution in [0.25, 0.3) is 0 Å². The number of aromatic nitrogens is 1. The molecular weight excluding hydrogens is 299 g/mol. The molecule has 0 spiro atoms. The van der Waals surface area contributed by atoms with Gasteiger partial charge in [0.25, 0.3) is 0 Å². The molecule has 0 aliphatic carbocycles. The van der Waals surface area contributed by atoms with Crippen LogP contribution in [-0.2, 0) is 6.54 Å². The molecule has 5 heteroatoms. The molecule has 1 aromatic carbocycles. The van der Waals surface area contributed by atoms with E-state index in [4.69, 9.17) is 4.74 Å². The highest BCUT2D eigenvalue weighted by molar-refractivity contribution is 9.10. The lowest BCUT2D eigenvalue weighted by Crippen LogP contribution is -2.02. The average Bonchev–Trinajstić information content (AvgIpc) is 2.37. The average molecular weight is 311 g/mol. The van der Waals surface area contributed by atoms with E-state index in [-0.39, 0.29) is 5.82 Å². The van der Waals surface area contributed by atoms with E-state index in [2.05, 4.69) is 26.2 Å². The quantitative estimate of drug-likeness (QED) is 0.937. The molecule has 0 atom stereocenters. The molecule has 0 aliphatic heterocycles. The highest BCUT2D eigenvalue weighted by atomic mass is 79.9. The van der Waals surface area contributed by atoms with Crippen molar-refractivity contribution < 1.29 is 9.13 Å². The Morgan fingerprint density at radius 2 is 2.17 bits per heavy atom. The number of nitrogens with one attached hydrogen (secondary N) is 1. The number of halogens is 2. The van der Waals surface area contributed by atoms with Crippen LogP contribution in [0, 0.1) is 5.82 Å². The summed E-state index contributed by atoms with van der Waals surface area (Å²) in [6, 6.07) is 6.36. The summed E-state index contributed by atoms with van der Waals surface area (Å²) in [7, 11) is 1.51. The molecule has 2 aromatic rings. The Morgan fingerprint density at radius 3 is 2.89 bits per heavy atom. The number of pyridine rings is 1. The van der Waals surface area contributed by atoms with E-state index < -0.39 is 0 Å². The van der Waals surface area contributed by atoms with Gasteiger partial charge in [0.2, 0.25) is 0 Å². The molecule has 1 N–H and O–H groups in total. The van der Waals surface area contributed by atoms with E-state index in [0.29, 0.717) is 12.3 Å². The van der Waals surface area contributed by atoms with Crippen molar-refractivity contribution in [2.45, 2.75) is 6.54 Å². The van der Waals surface area contributed by atoms with Crippen molar-refractivity contribution in [1.29, 1.82) is 0 Å². The van der Waals surface area contributed by atoms with Gasteiger partial charge in [0.05, 0.1) is 12.8 Å². The minimum atomic E-state index is -0.318. The summed E-state index contributed by atoms with van der Waals surface area (Å²) >= 11 is 3.36. The summed E-state index contributed by atoms with van der Waals surface area (Å²) in [4.78, 5) is 4.08. The van der Waals surface area contributed by atoms with Gasteiger partial charge in [0, 0.05) is 29.5 Å². The standard InChI is InChI=1S/C13H12BrFN2O/c1-18-13-5-11(15)2-3-12(13)17-7-9-4-10(14)8-16-6-9/h2-6,8,17H,7H2,1H3. The minimum Gasteiger partial charge on any atom is -0.494 e. The predicted octanol–water partition coefficient (Wildman–Crippen LogP) is 3.60. The molecule has 0 aliphatic rings. The van der Waals surface area contributed by atoms with Crippen LogP contribution in [0.5, 0.6) is 5.75 Å². The summed E-state index contributed by atoms with van der Waals surface area (Å²) < 4.78 is 19.1. The largest absolute Gasteiger partial charge is 0.494 e. The van der Waals surface area contributed by atoms with Crippen LogP contribution in [0.3, 0.4) is 0 Å². The first-order valence-electron chi connectivity index (χ1n) is 5.36. The molecule has 0 radical (unpaired) electrons. The topological polar surface area (TPSA) is 34.1 Å². The molecule has 94 valence electrons. The van der Waals surface area contributed by atoms with E-state index >= 15 is 0 Å². The molecule has 2 rings (SSSR count). The fraction of sp³-hybridized carbons (Fsp3) is 0.154. The van der Waals surface area contributed by atoms with Gasteiger partial charge >= 0.3 is 0 Å². The maximum Gasteiger partial charge on any atom is 0.144 e. The van der Waals surface area contributed by atoms with Crippen LogP contribution in [0.2, 0.25) is 0 Å². The van der Waals surface area contributed by atoms with Gasteiger partial charge in [-0.1, -0.05) is 0 Å². The van der Waals surface area contributed by atoms with Crippen molar-refractivity contribution in [2.24, 2.45) is 0 Å². The van der Waals surface area contributed by atoms with Crippen molar-refractivity contribution in [3.63, 3.8) is 0 Å². The summed E-state index contributed by atoms with van der Waals surface area (Å²) in [5.74, 6) is 0.166. The lowest BCUT2D eigenvalue weighted by Gasteiger charge is -2.11. The Morgan fingerprint density at radius 1 is 1.33 bits per heavy atom. The molecule has 0 fully saturated rings. The Kier molecular flexibility index (Phi) is 4.15. The zero-order chi connectivity index (χ0) is 13.0. The molecule has 1 heterocycles. The number of nitrogens with zero attached hydrogens (tertiary/aromatic N) is 1. The van der Waals surface area contributed by atoms with Crippen molar-refractivity contribution >= 4 is 21.6 Å². The second kappa shape index (κ2) is 5.82. The highest BCUT2D eigenvalue weighted by Gasteiger charge is 2.04. The van der Waals surface area contributed by atoms with Gasteiger partial charge in [0.15, 0.2) is 0 Å². The third-order valence-corrected chi connectivity index (χ3v) is 2.84. The molecule has 1 aromatic heterocycles. The Bertz CT molecular complexity index is 548. The number of methoxy groups -OCH3 is 1. The minimum absolute atomic E-state index is 0.318. The smallest absolute Gasteiger partial charge is 0.144 e. The third-order valence-electron chi connectivity index (χ3n) is 2.41. The van der Waals surface area contributed by atoms with Crippen LogP contribution in [0.4, 0.5) is 10.1 Å². The highest BCUT2D eigenvalue weighted by Crippen LogP contribution is 2.25. The number of benzene rings is 1. The van der Waals surface area contributed by atoms with Crippen LogP contribution < -0.4 is 10.1 Å². The maximum absolute atomic E-state index is 13.0. The van der Waals surface area contributed by atoms with Gasteiger partial charge in [-0.3, -0.25) is 4.98 Å². The SMILES string of the molecule is COc1cc(F)ccc1NCc1cncc(Br)c1. The number of hydrogen-bond donors (Lipinski definition) is 1. The first kappa shape index (κ1) is 12.8. The normalized spacial score (nSPS) is 10.2. The fourth-order valence-electron chi connectivity index (χ4n) is 1.56. The molecule has 0 amide bonds. The van der Waals surface area contributed by atoms with Gasteiger partial charge in [-0.15, -0.1) is 0 Å². The fourth-order valence-corrected chi connectivity index (χ4v) is 1.97. The Labute approximate surface area is 113 Å². The van der Waals surface area contributed by atoms with E-state index in [1.165, 1.54) is 19.2 Å². The third kappa shape index (κ3) is 3.20. The van der Waals surface area contributed by atoms with Crippen molar-refractivity contribution in [3.8, 4) is 5.75 Å².